The average Bonchev–Trinajstić information content (AvgIpc) is 3.67. The first-order chi connectivity index (χ1) is 20.0. The molecule has 0 radical (unpaired) electrons. The van der Waals surface area contributed by atoms with Crippen LogP contribution in [0.5, 0.6) is 5.75 Å². The smallest absolute Gasteiger partial charge is 0.239 e. The lowest BCUT2D eigenvalue weighted by Gasteiger charge is -2.25. The van der Waals surface area contributed by atoms with E-state index in [1.807, 2.05) is 72.8 Å². The number of pyridine rings is 1. The van der Waals surface area contributed by atoms with Crippen LogP contribution < -0.4 is 10.1 Å². The van der Waals surface area contributed by atoms with Crippen LogP contribution in [0.4, 0.5) is 11.5 Å². The molecule has 0 unspecified atom stereocenters. The van der Waals surface area contributed by atoms with E-state index in [9.17, 15) is 4.79 Å². The Kier molecular flexibility index (Phi) is 7.60. The maximum absolute atomic E-state index is 12.6. The summed E-state index contributed by atoms with van der Waals surface area (Å²) < 4.78 is 12.1. The summed E-state index contributed by atoms with van der Waals surface area (Å²) in [7, 11) is 3.61. The number of aromatic nitrogens is 3. The van der Waals surface area contributed by atoms with Gasteiger partial charge < -0.3 is 19.4 Å². The number of hydrogen-bond donors (Lipinski definition) is 1. The molecule has 5 aromatic rings. The summed E-state index contributed by atoms with van der Waals surface area (Å²) in [6.45, 7) is 1.97. The summed E-state index contributed by atoms with van der Waals surface area (Å²) in [5.41, 5.74) is 3.41. The lowest BCUT2D eigenvalue weighted by atomic mass is 10.2. The highest BCUT2D eigenvalue weighted by Gasteiger charge is 2.32. The van der Waals surface area contributed by atoms with Crippen molar-refractivity contribution in [2.24, 2.45) is 0 Å². The molecule has 9 nitrogen and oxygen atoms in total. The first-order valence-electron chi connectivity index (χ1n) is 13.7. The number of hydrogen-bond acceptors (Lipinski definition) is 8. The molecule has 1 amide bonds. The van der Waals surface area contributed by atoms with Gasteiger partial charge in [0.05, 0.1) is 24.3 Å². The Labute approximate surface area is 238 Å². The summed E-state index contributed by atoms with van der Waals surface area (Å²) >= 11 is 0. The molecule has 0 bridgehead atoms. The van der Waals surface area contributed by atoms with Gasteiger partial charge in [0.1, 0.15) is 36.0 Å². The minimum atomic E-state index is -0.104. The van der Waals surface area contributed by atoms with Gasteiger partial charge in [-0.3, -0.25) is 14.7 Å². The molecule has 0 spiro atoms. The van der Waals surface area contributed by atoms with Crippen molar-refractivity contribution < 1.29 is 13.9 Å². The van der Waals surface area contributed by atoms with Gasteiger partial charge in [-0.25, -0.2) is 9.97 Å². The van der Waals surface area contributed by atoms with Gasteiger partial charge in [-0.05, 0) is 67.4 Å². The van der Waals surface area contributed by atoms with Crippen LogP contribution in [0.2, 0.25) is 0 Å². The maximum atomic E-state index is 12.6. The normalized spacial score (nSPS) is 15.2. The van der Waals surface area contributed by atoms with Gasteiger partial charge in [0.2, 0.25) is 5.91 Å². The third kappa shape index (κ3) is 6.05. The van der Waals surface area contributed by atoms with E-state index in [4.69, 9.17) is 9.15 Å². The number of likely N-dealkylation sites (N-methyl/N-ethyl adjacent to an activating group) is 1. The largest absolute Gasteiger partial charge is 0.489 e. The number of carbonyl (C=O) groups is 1. The molecule has 2 aromatic carbocycles. The number of likely N-dealkylation sites (tertiary alicyclic amines) is 1. The second-order valence-corrected chi connectivity index (χ2v) is 10.4. The number of rotatable bonds is 9. The van der Waals surface area contributed by atoms with Crippen molar-refractivity contribution in [2.75, 3.05) is 26.0 Å². The first kappa shape index (κ1) is 26.5. The Bertz CT molecular complexity index is 1630. The lowest BCUT2D eigenvalue weighted by Crippen LogP contribution is -2.42. The van der Waals surface area contributed by atoms with Crippen LogP contribution in [0.25, 0.3) is 22.4 Å². The molecule has 0 aliphatic carbocycles. The Hall–Kier alpha value is -4.76. The third-order valence-electron chi connectivity index (χ3n) is 7.25. The molecule has 4 heterocycles. The maximum Gasteiger partial charge on any atom is 0.239 e. The van der Waals surface area contributed by atoms with Crippen LogP contribution >= 0.6 is 0 Å². The van der Waals surface area contributed by atoms with E-state index in [1.165, 1.54) is 6.33 Å². The summed E-state index contributed by atoms with van der Waals surface area (Å²) in [5, 5.41) is 4.23. The molecular formula is C32H32N6O3. The van der Waals surface area contributed by atoms with Gasteiger partial charge in [0.15, 0.2) is 5.76 Å². The van der Waals surface area contributed by atoms with E-state index >= 15 is 0 Å². The van der Waals surface area contributed by atoms with Crippen LogP contribution in [0.1, 0.15) is 24.2 Å². The van der Waals surface area contributed by atoms with Crippen LogP contribution in [0.3, 0.4) is 0 Å². The number of fused-ring (bicyclic) bond motifs is 1. The SMILES string of the molecule is CN(C)C(=O)[C@@H]1CCCN1Cc1ccc(-c2cc3c(Nc4ccc(OCc5ccccc5)cc4)ncnc3cn2)o1. The number of nitrogens with zero attached hydrogens (tertiary/aromatic N) is 5. The molecule has 0 saturated carbocycles. The molecular weight excluding hydrogens is 516 g/mol. The first-order valence-corrected chi connectivity index (χ1v) is 13.7. The van der Waals surface area contributed by atoms with Gasteiger partial charge in [-0.15, -0.1) is 0 Å². The van der Waals surface area contributed by atoms with Crippen molar-refractivity contribution in [3.8, 4) is 17.2 Å². The van der Waals surface area contributed by atoms with Crippen molar-refractivity contribution in [3.63, 3.8) is 0 Å². The Morgan fingerprint density at radius 1 is 1.05 bits per heavy atom. The number of nitrogens with one attached hydrogen (secondary N) is 1. The predicted octanol–water partition coefficient (Wildman–Crippen LogP) is 5.66. The number of amides is 1. The summed E-state index contributed by atoms with van der Waals surface area (Å²) in [6, 6.07) is 23.6. The summed E-state index contributed by atoms with van der Waals surface area (Å²) in [4.78, 5) is 29.9. The third-order valence-corrected chi connectivity index (χ3v) is 7.25. The standard InChI is InChI=1S/C32H32N6O3/c1-37(2)32(39)29-9-6-16-38(29)19-25-14-15-30(41-25)27-17-26-28(18-33-27)34-21-35-31(26)36-23-10-12-24(13-11-23)40-20-22-7-4-3-5-8-22/h3-5,7-8,10-15,17-18,21,29H,6,9,16,19-20H2,1-2H3,(H,34,35,36)/t29-/m0/s1. The fourth-order valence-electron chi connectivity index (χ4n) is 5.10. The van der Waals surface area contributed by atoms with Crippen LogP contribution in [-0.4, -0.2) is 57.3 Å². The molecule has 41 heavy (non-hydrogen) atoms. The topological polar surface area (TPSA) is 96.6 Å². The van der Waals surface area contributed by atoms with Crippen molar-refractivity contribution in [3.05, 3.63) is 96.6 Å². The zero-order valence-corrected chi connectivity index (χ0v) is 23.2. The number of ether oxygens (including phenoxy) is 1. The Morgan fingerprint density at radius 3 is 2.68 bits per heavy atom. The molecule has 9 heteroatoms. The summed E-state index contributed by atoms with van der Waals surface area (Å²) in [5.74, 6) is 3.06. The van der Waals surface area contributed by atoms with Gasteiger partial charge in [-0.1, -0.05) is 30.3 Å². The highest BCUT2D eigenvalue weighted by molar-refractivity contribution is 5.92. The van der Waals surface area contributed by atoms with Crippen molar-refractivity contribution in [2.45, 2.75) is 32.0 Å². The van der Waals surface area contributed by atoms with Gasteiger partial charge in [-0.2, -0.15) is 0 Å². The van der Waals surface area contributed by atoms with E-state index in [0.29, 0.717) is 30.4 Å². The second kappa shape index (κ2) is 11.8. The predicted molar refractivity (Wildman–Crippen MR) is 158 cm³/mol. The number of benzene rings is 2. The van der Waals surface area contributed by atoms with Gasteiger partial charge in [0, 0.05) is 25.2 Å². The number of furan rings is 1. The Morgan fingerprint density at radius 2 is 1.88 bits per heavy atom. The molecule has 1 N–H and O–H groups in total. The summed E-state index contributed by atoms with van der Waals surface area (Å²) in [6.07, 6.45) is 5.13. The van der Waals surface area contributed by atoms with Crippen molar-refractivity contribution in [1.29, 1.82) is 0 Å². The lowest BCUT2D eigenvalue weighted by molar-refractivity contribution is -0.133. The zero-order chi connectivity index (χ0) is 28.2. The molecule has 1 atom stereocenters. The van der Waals surface area contributed by atoms with Gasteiger partial charge >= 0.3 is 0 Å². The van der Waals surface area contributed by atoms with Crippen LogP contribution in [-0.2, 0) is 17.9 Å². The minimum absolute atomic E-state index is 0.104. The van der Waals surface area contributed by atoms with Crippen molar-refractivity contribution >= 4 is 28.3 Å². The van der Waals surface area contributed by atoms with E-state index in [2.05, 4.69) is 25.2 Å². The molecule has 1 fully saturated rings. The van der Waals surface area contributed by atoms with Crippen LogP contribution in [0.15, 0.2) is 89.7 Å². The fraction of sp³-hybridized carbons (Fsp3) is 0.250. The number of anilines is 2. The molecule has 6 rings (SSSR count). The monoisotopic (exact) mass is 548 g/mol. The molecule has 3 aromatic heterocycles. The van der Waals surface area contributed by atoms with E-state index < -0.39 is 0 Å². The highest BCUT2D eigenvalue weighted by atomic mass is 16.5. The van der Waals surface area contributed by atoms with E-state index in [1.54, 1.807) is 25.2 Å². The molecule has 1 saturated heterocycles. The zero-order valence-electron chi connectivity index (χ0n) is 23.2. The second-order valence-electron chi connectivity index (χ2n) is 10.4. The molecule has 1 aliphatic rings. The van der Waals surface area contributed by atoms with Gasteiger partial charge in [0.25, 0.3) is 0 Å². The van der Waals surface area contributed by atoms with Crippen molar-refractivity contribution in [1.82, 2.24) is 24.8 Å². The van der Waals surface area contributed by atoms with E-state index in [-0.39, 0.29) is 11.9 Å². The average molecular weight is 549 g/mol. The molecule has 1 aliphatic heterocycles. The van der Waals surface area contributed by atoms with E-state index in [0.717, 1.165) is 53.0 Å². The number of carbonyl (C=O) groups excluding carboxylic acids is 1. The minimum Gasteiger partial charge on any atom is -0.489 e. The molecule has 208 valence electrons. The van der Waals surface area contributed by atoms with Crippen LogP contribution in [0, 0.1) is 0 Å². The fourth-order valence-corrected chi connectivity index (χ4v) is 5.10. The Balaban J connectivity index is 1.16. The quantitative estimate of drug-likeness (QED) is 0.252. The highest BCUT2D eigenvalue weighted by Crippen LogP contribution is 2.30.